The lowest BCUT2D eigenvalue weighted by Gasteiger charge is -2.17. The molecule has 0 bridgehead atoms. The van der Waals surface area contributed by atoms with Crippen LogP contribution in [0.25, 0.3) is 0 Å². The molecule has 0 fully saturated rings. The molecule has 1 heterocycles. The van der Waals surface area contributed by atoms with Crippen LogP contribution in [0.5, 0.6) is 0 Å². The number of carbonyl (C=O) groups excluding carboxylic acids is 1. The molecule has 2 rings (SSSR count). The van der Waals surface area contributed by atoms with Gasteiger partial charge in [0.05, 0.1) is 5.56 Å². The maximum Gasteiger partial charge on any atom is 0.254 e. The van der Waals surface area contributed by atoms with Crippen LogP contribution in [0, 0.1) is 0 Å². The summed E-state index contributed by atoms with van der Waals surface area (Å²) in [6.07, 6.45) is 1.12. The van der Waals surface area contributed by atoms with E-state index in [0.717, 1.165) is 23.2 Å². The van der Waals surface area contributed by atoms with E-state index in [1.54, 1.807) is 30.6 Å². The molecule has 22 heavy (non-hydrogen) atoms. The number of hydrogen-bond donors (Lipinski definition) is 0. The topological polar surface area (TPSA) is 54.5 Å². The third-order valence-corrected chi connectivity index (χ3v) is 6.08. The molecule has 4 nitrogen and oxygen atoms in total. The first-order valence-corrected chi connectivity index (χ1v) is 9.68. The first kappa shape index (κ1) is 17.3. The summed E-state index contributed by atoms with van der Waals surface area (Å²) in [4.78, 5) is 13.8. The number of rotatable bonds is 4. The SMILES string of the molecule is CN(Cc1cc(Cl)cc(Cl)c1)C(=O)c1csc(S(C)(=O)=O)c1. The maximum absolute atomic E-state index is 12.3. The van der Waals surface area contributed by atoms with Gasteiger partial charge in [-0.3, -0.25) is 4.79 Å². The highest BCUT2D eigenvalue weighted by Gasteiger charge is 2.18. The molecule has 1 amide bonds. The number of carbonyl (C=O) groups is 1. The zero-order chi connectivity index (χ0) is 16.5. The minimum absolute atomic E-state index is 0.176. The van der Waals surface area contributed by atoms with Gasteiger partial charge in [-0.05, 0) is 29.8 Å². The van der Waals surface area contributed by atoms with Crippen molar-refractivity contribution in [1.29, 1.82) is 0 Å². The Balaban J connectivity index is 2.17. The largest absolute Gasteiger partial charge is 0.337 e. The Bertz CT molecular complexity index is 795. The average molecular weight is 378 g/mol. The summed E-state index contributed by atoms with van der Waals surface area (Å²) in [5.41, 5.74) is 1.15. The van der Waals surface area contributed by atoms with Crippen molar-refractivity contribution in [2.45, 2.75) is 10.8 Å². The van der Waals surface area contributed by atoms with Crippen LogP contribution in [0.2, 0.25) is 10.0 Å². The zero-order valence-electron chi connectivity index (χ0n) is 11.8. The standard InChI is InChI=1S/C14H13Cl2NO3S2/c1-17(7-9-3-11(15)6-12(16)4-9)14(18)10-5-13(21-8-10)22(2,19)20/h3-6,8H,7H2,1-2H3. The minimum Gasteiger partial charge on any atom is -0.337 e. The summed E-state index contributed by atoms with van der Waals surface area (Å²) in [7, 11) is -1.66. The monoisotopic (exact) mass is 377 g/mol. The lowest BCUT2D eigenvalue weighted by Crippen LogP contribution is -2.25. The molecule has 0 aliphatic carbocycles. The second-order valence-corrected chi connectivity index (χ2v) is 8.89. The van der Waals surface area contributed by atoms with Gasteiger partial charge in [-0.25, -0.2) is 8.42 Å². The van der Waals surface area contributed by atoms with Crippen molar-refractivity contribution in [2.75, 3.05) is 13.3 Å². The normalized spacial score (nSPS) is 11.5. The summed E-state index contributed by atoms with van der Waals surface area (Å²) in [5.74, 6) is -0.262. The maximum atomic E-state index is 12.3. The van der Waals surface area contributed by atoms with Crippen molar-refractivity contribution in [1.82, 2.24) is 4.90 Å². The summed E-state index contributed by atoms with van der Waals surface area (Å²) in [5, 5.41) is 2.54. The van der Waals surface area contributed by atoms with Crippen molar-refractivity contribution in [3.05, 3.63) is 50.8 Å². The second-order valence-electron chi connectivity index (χ2n) is 4.87. The fraction of sp³-hybridized carbons (Fsp3) is 0.214. The minimum atomic E-state index is -3.30. The van der Waals surface area contributed by atoms with Crippen LogP contribution in [0.4, 0.5) is 0 Å². The summed E-state index contributed by atoms with van der Waals surface area (Å²) < 4.78 is 23.1. The number of amides is 1. The highest BCUT2D eigenvalue weighted by molar-refractivity contribution is 7.92. The van der Waals surface area contributed by atoms with Gasteiger partial charge < -0.3 is 4.90 Å². The van der Waals surface area contributed by atoms with Crippen LogP contribution in [-0.4, -0.2) is 32.5 Å². The summed E-state index contributed by atoms with van der Waals surface area (Å²) in [6, 6.07) is 6.47. The third kappa shape index (κ3) is 4.23. The number of thiophene rings is 1. The molecule has 0 aliphatic rings. The molecule has 118 valence electrons. The van der Waals surface area contributed by atoms with Gasteiger partial charge in [0.1, 0.15) is 4.21 Å². The molecule has 0 unspecified atom stereocenters. The van der Waals surface area contributed by atoms with E-state index < -0.39 is 9.84 Å². The molecular weight excluding hydrogens is 365 g/mol. The van der Waals surface area contributed by atoms with Crippen molar-refractivity contribution >= 4 is 50.3 Å². The lowest BCUT2D eigenvalue weighted by molar-refractivity contribution is 0.0785. The molecule has 0 spiro atoms. The molecule has 0 saturated carbocycles. The fourth-order valence-corrected chi connectivity index (χ4v) is 4.25. The molecule has 0 atom stereocenters. The van der Waals surface area contributed by atoms with Gasteiger partial charge >= 0.3 is 0 Å². The van der Waals surface area contributed by atoms with Gasteiger partial charge in [0.2, 0.25) is 0 Å². The Labute approximate surface area is 143 Å². The molecule has 0 radical (unpaired) electrons. The molecule has 0 N–H and O–H groups in total. The first-order valence-electron chi connectivity index (χ1n) is 6.16. The quantitative estimate of drug-likeness (QED) is 0.815. The predicted molar refractivity (Wildman–Crippen MR) is 89.7 cm³/mol. The molecule has 2 aromatic rings. The van der Waals surface area contributed by atoms with E-state index in [1.807, 2.05) is 0 Å². The highest BCUT2D eigenvalue weighted by Crippen LogP contribution is 2.23. The third-order valence-electron chi connectivity index (χ3n) is 2.88. The van der Waals surface area contributed by atoms with Gasteiger partial charge in [-0.15, -0.1) is 11.3 Å². The Morgan fingerprint density at radius 1 is 1.18 bits per heavy atom. The van der Waals surface area contributed by atoms with Gasteiger partial charge in [-0.1, -0.05) is 23.2 Å². The Morgan fingerprint density at radius 2 is 1.77 bits per heavy atom. The molecule has 1 aromatic heterocycles. The number of nitrogens with zero attached hydrogens (tertiary/aromatic N) is 1. The van der Waals surface area contributed by atoms with Crippen LogP contribution < -0.4 is 0 Å². The molecule has 1 aromatic carbocycles. The number of benzene rings is 1. The Kier molecular flexibility index (Phi) is 5.17. The molecular formula is C14H13Cl2NO3S2. The van der Waals surface area contributed by atoms with Gasteiger partial charge in [0.25, 0.3) is 5.91 Å². The van der Waals surface area contributed by atoms with Gasteiger partial charge in [0, 0.05) is 35.3 Å². The zero-order valence-corrected chi connectivity index (χ0v) is 15.0. The summed E-state index contributed by atoms with van der Waals surface area (Å²) >= 11 is 12.9. The van der Waals surface area contributed by atoms with E-state index >= 15 is 0 Å². The highest BCUT2D eigenvalue weighted by atomic mass is 35.5. The smallest absolute Gasteiger partial charge is 0.254 e. The Hall–Kier alpha value is -1.08. The average Bonchev–Trinajstić information content (AvgIpc) is 2.85. The van der Waals surface area contributed by atoms with Crippen LogP contribution in [0.1, 0.15) is 15.9 Å². The second kappa shape index (κ2) is 6.58. The van der Waals surface area contributed by atoms with Crippen molar-refractivity contribution in [3.63, 3.8) is 0 Å². The van der Waals surface area contributed by atoms with E-state index in [-0.39, 0.29) is 10.1 Å². The van der Waals surface area contributed by atoms with Gasteiger partial charge in [0.15, 0.2) is 9.84 Å². The van der Waals surface area contributed by atoms with Crippen LogP contribution in [0.3, 0.4) is 0 Å². The number of halogens is 2. The summed E-state index contributed by atoms with van der Waals surface area (Å²) in [6.45, 7) is 0.323. The lowest BCUT2D eigenvalue weighted by atomic mass is 10.2. The van der Waals surface area contributed by atoms with Crippen molar-refractivity contribution in [2.24, 2.45) is 0 Å². The van der Waals surface area contributed by atoms with E-state index in [0.29, 0.717) is 22.2 Å². The van der Waals surface area contributed by atoms with E-state index in [1.165, 1.54) is 11.0 Å². The van der Waals surface area contributed by atoms with Crippen molar-refractivity contribution < 1.29 is 13.2 Å². The van der Waals surface area contributed by atoms with E-state index in [2.05, 4.69) is 0 Å². The molecule has 8 heteroatoms. The predicted octanol–water partition coefficient (Wildman–Crippen LogP) is 3.73. The number of hydrogen-bond acceptors (Lipinski definition) is 4. The van der Waals surface area contributed by atoms with Crippen LogP contribution in [0.15, 0.2) is 33.9 Å². The van der Waals surface area contributed by atoms with Crippen LogP contribution in [-0.2, 0) is 16.4 Å². The van der Waals surface area contributed by atoms with Crippen molar-refractivity contribution in [3.8, 4) is 0 Å². The fourth-order valence-electron chi connectivity index (χ4n) is 1.89. The van der Waals surface area contributed by atoms with E-state index in [9.17, 15) is 13.2 Å². The molecule has 0 aliphatic heterocycles. The van der Waals surface area contributed by atoms with Crippen LogP contribution >= 0.6 is 34.5 Å². The molecule has 0 saturated heterocycles. The number of sulfone groups is 1. The first-order chi connectivity index (χ1) is 10.2. The van der Waals surface area contributed by atoms with Gasteiger partial charge in [-0.2, -0.15) is 0 Å². The Morgan fingerprint density at radius 3 is 2.27 bits per heavy atom. The van der Waals surface area contributed by atoms with E-state index in [4.69, 9.17) is 23.2 Å².